The lowest BCUT2D eigenvalue weighted by atomic mass is 9.53. The molecule has 1 N–H and O–H groups in total. The predicted octanol–water partition coefficient (Wildman–Crippen LogP) is 4.48. The van der Waals surface area contributed by atoms with Crippen molar-refractivity contribution in [3.63, 3.8) is 0 Å². The fraction of sp³-hybridized carbons (Fsp3) is 0.273. The second kappa shape index (κ2) is 14.4. The third kappa shape index (κ3) is 5.55. The lowest BCUT2D eigenvalue weighted by Gasteiger charge is -2.49. The van der Waals surface area contributed by atoms with E-state index in [4.69, 9.17) is 25.8 Å². The first-order valence-electron chi connectivity index (χ1n) is 19.2. The molecule has 2 fully saturated rings. The average molecular weight is 831 g/mol. The Bertz CT molecular complexity index is 2990. The van der Waals surface area contributed by atoms with Gasteiger partial charge in [-0.05, 0) is 53.5 Å². The highest BCUT2D eigenvalue weighted by Gasteiger charge is 2.68. The van der Waals surface area contributed by atoms with Gasteiger partial charge in [-0.15, -0.1) is 0 Å². The van der Waals surface area contributed by atoms with E-state index < -0.39 is 52.0 Å². The lowest BCUT2D eigenvalue weighted by Crippen LogP contribution is -2.53. The van der Waals surface area contributed by atoms with Gasteiger partial charge >= 0.3 is 11.4 Å². The number of phenolic OH excluding ortho intramolecular Hbond substituents is 1. The Morgan fingerprint density at radius 1 is 0.850 bits per heavy atom. The number of benzene rings is 4. The summed E-state index contributed by atoms with van der Waals surface area (Å²) in [5.41, 5.74) is 0.0144. The molecule has 6 aromatic rings. The molecule has 15 nitrogen and oxygen atoms in total. The van der Waals surface area contributed by atoms with E-state index in [0.29, 0.717) is 49.9 Å². The number of aryl methyl sites for hydroxylation is 2. The number of hydrogen-bond acceptors (Lipinski definition) is 10. The molecule has 4 atom stereocenters. The van der Waals surface area contributed by atoms with Gasteiger partial charge in [-0.1, -0.05) is 60.1 Å². The molecule has 4 heterocycles. The van der Waals surface area contributed by atoms with Crippen molar-refractivity contribution >= 4 is 40.1 Å². The van der Waals surface area contributed by atoms with Crippen molar-refractivity contribution in [2.45, 2.75) is 43.3 Å². The van der Waals surface area contributed by atoms with E-state index in [1.807, 2.05) is 36.4 Å². The van der Waals surface area contributed by atoms with Gasteiger partial charge in [0.15, 0.2) is 23.0 Å². The summed E-state index contributed by atoms with van der Waals surface area (Å²) >= 11 is 6.42. The highest BCUT2D eigenvalue weighted by Crippen LogP contribution is 2.62. The molecule has 306 valence electrons. The van der Waals surface area contributed by atoms with Gasteiger partial charge in [0.25, 0.3) is 5.56 Å². The van der Waals surface area contributed by atoms with Gasteiger partial charge in [0, 0.05) is 43.1 Å². The maximum Gasteiger partial charge on any atom is 0.347 e. The number of nitrogens with zero attached hydrogens (tertiary/aromatic N) is 6. The number of carbonyl (C=O) groups excluding carboxylic acids is 2. The largest absolute Gasteiger partial charge is 0.504 e. The fourth-order valence-corrected chi connectivity index (χ4v) is 9.77. The summed E-state index contributed by atoms with van der Waals surface area (Å²) in [5.74, 6) is -1.99. The van der Waals surface area contributed by atoms with Crippen LogP contribution in [-0.2, 0) is 41.6 Å². The third-order valence-electron chi connectivity index (χ3n) is 12.3. The molecule has 2 aromatic heterocycles. The van der Waals surface area contributed by atoms with E-state index >= 15 is 4.79 Å². The minimum atomic E-state index is -1.53. The summed E-state index contributed by atoms with van der Waals surface area (Å²) in [6, 6.07) is 22.9. The third-order valence-corrected chi connectivity index (χ3v) is 12.5. The van der Waals surface area contributed by atoms with Gasteiger partial charge in [0.05, 0.1) is 62.0 Å². The molecular formula is C44H39ClN6O9. The Kier molecular flexibility index (Phi) is 9.30. The number of allylic oxidation sites excluding steroid dienone is 2. The van der Waals surface area contributed by atoms with Crippen LogP contribution < -0.4 is 36.0 Å². The molecule has 60 heavy (non-hydrogen) atoms. The molecule has 0 bridgehead atoms. The van der Waals surface area contributed by atoms with E-state index in [0.717, 1.165) is 4.57 Å². The topological polar surface area (TPSA) is 169 Å². The molecule has 2 aliphatic heterocycles. The Morgan fingerprint density at radius 3 is 2.30 bits per heavy atom. The van der Waals surface area contributed by atoms with Crippen LogP contribution in [0.3, 0.4) is 0 Å². The van der Waals surface area contributed by atoms with Crippen LogP contribution in [0.15, 0.2) is 111 Å². The maximum atomic E-state index is 15.4. The highest BCUT2D eigenvalue weighted by atomic mass is 35.5. The van der Waals surface area contributed by atoms with Crippen LogP contribution in [0.5, 0.6) is 23.0 Å². The van der Waals surface area contributed by atoms with Crippen molar-refractivity contribution in [3.05, 3.63) is 150 Å². The van der Waals surface area contributed by atoms with E-state index in [9.17, 15) is 24.3 Å². The number of phenols is 1. The van der Waals surface area contributed by atoms with Gasteiger partial charge in [-0.3, -0.25) is 14.4 Å². The average Bonchev–Trinajstić information content (AvgIpc) is 3.64. The molecular weight excluding hydrogens is 792 g/mol. The number of hydrogen-bond donors (Lipinski definition) is 1. The zero-order valence-electron chi connectivity index (χ0n) is 33.0. The van der Waals surface area contributed by atoms with Crippen molar-refractivity contribution in [1.82, 2.24) is 23.5 Å². The maximum absolute atomic E-state index is 15.4. The van der Waals surface area contributed by atoms with Gasteiger partial charge in [-0.2, -0.15) is 0 Å². The number of ether oxygens (including phenoxy) is 3. The zero-order chi connectivity index (χ0) is 42.2. The molecule has 0 spiro atoms. The molecule has 4 aromatic carbocycles. The number of carbonyl (C=O) groups is 2. The minimum absolute atomic E-state index is 0.00445. The lowest BCUT2D eigenvalue weighted by molar-refractivity contribution is -0.124. The smallest absolute Gasteiger partial charge is 0.347 e. The number of imide groups is 1. The summed E-state index contributed by atoms with van der Waals surface area (Å²) < 4.78 is 21.6. The molecule has 1 aliphatic carbocycles. The molecule has 0 radical (unpaired) electrons. The number of rotatable bonds is 9. The van der Waals surface area contributed by atoms with E-state index in [2.05, 4.69) is 4.98 Å². The van der Waals surface area contributed by atoms with Crippen LogP contribution in [0.4, 0.5) is 5.69 Å². The van der Waals surface area contributed by atoms with Crippen LogP contribution in [0.1, 0.15) is 35.2 Å². The second-order valence-corrected chi connectivity index (χ2v) is 15.5. The molecule has 3 aliphatic rings. The van der Waals surface area contributed by atoms with Crippen LogP contribution in [0, 0.1) is 5.92 Å². The number of amides is 2. The van der Waals surface area contributed by atoms with Crippen LogP contribution in [0.2, 0.25) is 5.02 Å². The molecule has 4 unspecified atom stereocenters. The number of fused-ring (bicyclic) bond motifs is 5. The molecule has 2 amide bonds. The SMILES string of the molecule is COc1cc(C2C3=CCn4c(=O)n(CCc5nc6cc(OC)c(OC)cc6n(C)c5=O)c(=O)n4C3CC3C(=O)N(c4cccc(Cl)c4)C(=O)C32c2ccccc2)ccc1O. The monoisotopic (exact) mass is 830 g/mol. The van der Waals surface area contributed by atoms with Gasteiger partial charge in [0.1, 0.15) is 5.69 Å². The number of anilines is 1. The van der Waals surface area contributed by atoms with Crippen molar-refractivity contribution < 1.29 is 28.9 Å². The van der Waals surface area contributed by atoms with Crippen molar-refractivity contribution in [3.8, 4) is 23.0 Å². The summed E-state index contributed by atoms with van der Waals surface area (Å²) in [6.07, 6.45) is 1.80. The summed E-state index contributed by atoms with van der Waals surface area (Å²) in [5, 5.41) is 11.0. The number of aromatic hydroxyl groups is 1. The van der Waals surface area contributed by atoms with Gasteiger partial charge < -0.3 is 23.9 Å². The summed E-state index contributed by atoms with van der Waals surface area (Å²) in [7, 11) is 6.01. The van der Waals surface area contributed by atoms with Crippen molar-refractivity contribution in [1.29, 1.82) is 0 Å². The summed E-state index contributed by atoms with van der Waals surface area (Å²) in [6.45, 7) is -0.185. The first kappa shape index (κ1) is 38.6. The van der Waals surface area contributed by atoms with Crippen molar-refractivity contribution in [2.24, 2.45) is 13.0 Å². The standard InChI is InChI=1S/C44H39ClN6O9/c1-47-33-23-37(60-4)36(59-3)22-31(33)46-30(40(47)54)16-17-48-42(56)49-18-15-28-32(51(49)43(48)57)21-29-39(53)50(27-12-8-11-26(45)20-27)41(55)44(29,25-9-6-5-7-10-25)38(28)24-13-14-34(52)35(19-24)58-2/h5-15,19-20,22-23,29,32,38,52H,16-18,21H2,1-4H3. The molecule has 1 saturated heterocycles. The number of aromatic nitrogens is 5. The van der Waals surface area contributed by atoms with Crippen LogP contribution in [0.25, 0.3) is 11.0 Å². The number of halogens is 1. The first-order chi connectivity index (χ1) is 28.9. The minimum Gasteiger partial charge on any atom is -0.504 e. The van der Waals surface area contributed by atoms with Crippen molar-refractivity contribution in [2.75, 3.05) is 26.2 Å². The second-order valence-electron chi connectivity index (χ2n) is 15.1. The highest BCUT2D eigenvalue weighted by molar-refractivity contribution is 6.32. The van der Waals surface area contributed by atoms with Gasteiger partial charge in [-0.25, -0.2) is 33.4 Å². The molecule has 1 saturated carbocycles. The van der Waals surface area contributed by atoms with Crippen LogP contribution in [-0.4, -0.2) is 61.7 Å². The normalized spacial score (nSPS) is 20.7. The van der Waals surface area contributed by atoms with E-state index in [-0.39, 0.29) is 43.1 Å². The molecule has 9 rings (SSSR count). The predicted molar refractivity (Wildman–Crippen MR) is 221 cm³/mol. The zero-order valence-corrected chi connectivity index (χ0v) is 33.8. The number of methoxy groups -OCH3 is 3. The Morgan fingerprint density at radius 2 is 1.58 bits per heavy atom. The molecule has 16 heteroatoms. The Labute approximate surface area is 346 Å². The Balaban J connectivity index is 1.19. The van der Waals surface area contributed by atoms with Crippen LogP contribution >= 0.6 is 11.6 Å². The van der Waals surface area contributed by atoms with Gasteiger partial charge in [0.2, 0.25) is 11.8 Å². The Hall–Kier alpha value is -6.87. The summed E-state index contributed by atoms with van der Waals surface area (Å²) in [4.78, 5) is 78.6. The van der Waals surface area contributed by atoms with E-state index in [1.54, 1.807) is 55.6 Å². The quantitative estimate of drug-likeness (QED) is 0.162. The first-order valence-corrected chi connectivity index (χ1v) is 19.6. The fourth-order valence-electron chi connectivity index (χ4n) is 9.58. The van der Waals surface area contributed by atoms with E-state index in [1.165, 1.54) is 46.2 Å².